The van der Waals surface area contributed by atoms with E-state index in [1.807, 2.05) is 0 Å². The number of hydrogen-bond donors (Lipinski definition) is 2. The fourth-order valence-corrected chi connectivity index (χ4v) is 3.29. The van der Waals surface area contributed by atoms with Gasteiger partial charge in [-0.15, -0.1) is 11.3 Å². The van der Waals surface area contributed by atoms with Gasteiger partial charge in [0.1, 0.15) is 0 Å². The van der Waals surface area contributed by atoms with Crippen LogP contribution in [-0.2, 0) is 16.6 Å². The Morgan fingerprint density at radius 2 is 2.17 bits per heavy atom. The highest BCUT2D eigenvalue weighted by atomic mass is 32.2. The van der Waals surface area contributed by atoms with Crippen LogP contribution in [-0.4, -0.2) is 8.42 Å². The van der Waals surface area contributed by atoms with Crippen molar-refractivity contribution in [2.75, 3.05) is 0 Å². The Bertz CT molecular complexity index is 380. The standard InChI is InChI=1S/C6H10N2O2S2/c1-4-3-11-5(2-7)6(4)12(8,9)10/h3H,2,7H2,1H3,(H2,8,9,10). The van der Waals surface area contributed by atoms with Crippen molar-refractivity contribution in [2.45, 2.75) is 18.4 Å². The largest absolute Gasteiger partial charge is 0.326 e. The molecule has 1 aromatic heterocycles. The molecular formula is C6H10N2O2S2. The molecule has 1 rings (SSSR count). The predicted molar refractivity (Wildman–Crippen MR) is 48.3 cm³/mol. The van der Waals surface area contributed by atoms with Gasteiger partial charge in [-0.3, -0.25) is 0 Å². The first kappa shape index (κ1) is 9.66. The molecule has 1 heterocycles. The lowest BCUT2D eigenvalue weighted by atomic mass is 10.3. The molecule has 4 nitrogen and oxygen atoms in total. The summed E-state index contributed by atoms with van der Waals surface area (Å²) < 4.78 is 22.0. The predicted octanol–water partition coefficient (Wildman–Crippen LogP) is 0.163. The molecule has 0 fully saturated rings. The Balaban J connectivity index is 3.39. The third kappa shape index (κ3) is 1.66. The molecule has 0 bridgehead atoms. The zero-order valence-corrected chi connectivity index (χ0v) is 8.21. The Labute approximate surface area is 75.2 Å². The summed E-state index contributed by atoms with van der Waals surface area (Å²) in [7, 11) is -3.60. The van der Waals surface area contributed by atoms with Crippen molar-refractivity contribution < 1.29 is 8.42 Å². The van der Waals surface area contributed by atoms with Gasteiger partial charge in [0.05, 0.1) is 4.90 Å². The van der Waals surface area contributed by atoms with Crippen molar-refractivity contribution in [2.24, 2.45) is 10.9 Å². The monoisotopic (exact) mass is 206 g/mol. The quantitative estimate of drug-likeness (QED) is 0.722. The average Bonchev–Trinajstić information content (AvgIpc) is 2.29. The average molecular weight is 206 g/mol. The molecule has 0 aromatic carbocycles. The van der Waals surface area contributed by atoms with Crippen LogP contribution in [0.5, 0.6) is 0 Å². The molecule has 0 saturated carbocycles. The zero-order valence-electron chi connectivity index (χ0n) is 6.57. The van der Waals surface area contributed by atoms with Gasteiger partial charge < -0.3 is 5.73 Å². The van der Waals surface area contributed by atoms with Gasteiger partial charge in [-0.05, 0) is 17.9 Å². The van der Waals surface area contributed by atoms with Crippen LogP contribution in [0, 0.1) is 6.92 Å². The second-order valence-corrected chi connectivity index (χ2v) is 4.88. The van der Waals surface area contributed by atoms with E-state index < -0.39 is 10.0 Å². The van der Waals surface area contributed by atoms with E-state index in [2.05, 4.69) is 0 Å². The van der Waals surface area contributed by atoms with E-state index in [-0.39, 0.29) is 11.4 Å². The molecule has 1 aromatic rings. The summed E-state index contributed by atoms with van der Waals surface area (Å²) in [6, 6.07) is 0. The molecule has 12 heavy (non-hydrogen) atoms. The maximum absolute atomic E-state index is 11.0. The van der Waals surface area contributed by atoms with E-state index in [9.17, 15) is 8.42 Å². The molecule has 0 aliphatic carbocycles. The number of rotatable bonds is 2. The van der Waals surface area contributed by atoms with Gasteiger partial charge in [-0.1, -0.05) is 0 Å². The first-order valence-electron chi connectivity index (χ1n) is 3.26. The van der Waals surface area contributed by atoms with Gasteiger partial charge in [0.2, 0.25) is 10.0 Å². The first-order chi connectivity index (χ1) is 5.46. The SMILES string of the molecule is Cc1csc(CN)c1S(N)(=O)=O. The lowest BCUT2D eigenvalue weighted by Crippen LogP contribution is -2.15. The van der Waals surface area contributed by atoms with Gasteiger partial charge in [-0.25, -0.2) is 13.6 Å². The Morgan fingerprint density at radius 3 is 2.50 bits per heavy atom. The van der Waals surface area contributed by atoms with E-state index in [0.29, 0.717) is 10.4 Å². The van der Waals surface area contributed by atoms with E-state index in [1.165, 1.54) is 11.3 Å². The molecule has 4 N–H and O–H groups in total. The van der Waals surface area contributed by atoms with Gasteiger partial charge in [0, 0.05) is 11.4 Å². The molecule has 6 heteroatoms. The third-order valence-corrected chi connectivity index (χ3v) is 3.85. The van der Waals surface area contributed by atoms with Crippen molar-refractivity contribution in [3.63, 3.8) is 0 Å². The van der Waals surface area contributed by atoms with Crippen molar-refractivity contribution in [3.05, 3.63) is 15.8 Å². The topological polar surface area (TPSA) is 86.2 Å². The summed E-state index contributed by atoms with van der Waals surface area (Å²) in [5.74, 6) is 0. The normalized spacial score (nSPS) is 11.9. The number of aryl methyl sites for hydroxylation is 1. The third-order valence-electron chi connectivity index (χ3n) is 1.46. The van der Waals surface area contributed by atoms with Gasteiger partial charge >= 0.3 is 0 Å². The summed E-state index contributed by atoms with van der Waals surface area (Å²) in [6.07, 6.45) is 0. The molecule has 0 amide bonds. The highest BCUT2D eigenvalue weighted by Gasteiger charge is 2.17. The summed E-state index contributed by atoms with van der Waals surface area (Å²) in [4.78, 5) is 0.810. The molecular weight excluding hydrogens is 196 g/mol. The molecule has 0 saturated heterocycles. The molecule has 0 aliphatic heterocycles. The minimum atomic E-state index is -3.60. The second kappa shape index (κ2) is 3.14. The van der Waals surface area contributed by atoms with Crippen LogP contribution in [0.4, 0.5) is 0 Å². The first-order valence-corrected chi connectivity index (χ1v) is 5.69. The van der Waals surface area contributed by atoms with Gasteiger partial charge in [0.25, 0.3) is 0 Å². The van der Waals surface area contributed by atoms with Crippen molar-refractivity contribution >= 4 is 21.4 Å². The van der Waals surface area contributed by atoms with Crippen LogP contribution in [0.3, 0.4) is 0 Å². The maximum atomic E-state index is 11.0. The molecule has 68 valence electrons. The molecule has 0 unspecified atom stereocenters. The van der Waals surface area contributed by atoms with E-state index in [4.69, 9.17) is 10.9 Å². The highest BCUT2D eigenvalue weighted by molar-refractivity contribution is 7.89. The molecule has 0 spiro atoms. The number of hydrogen-bond acceptors (Lipinski definition) is 4. The van der Waals surface area contributed by atoms with Crippen molar-refractivity contribution in [3.8, 4) is 0 Å². The van der Waals surface area contributed by atoms with Gasteiger partial charge in [0.15, 0.2) is 0 Å². The lowest BCUT2D eigenvalue weighted by molar-refractivity contribution is 0.596. The van der Waals surface area contributed by atoms with E-state index in [1.54, 1.807) is 12.3 Å². The summed E-state index contributed by atoms with van der Waals surface area (Å²) >= 11 is 1.32. The second-order valence-electron chi connectivity index (χ2n) is 2.42. The minimum absolute atomic E-state index is 0.190. The maximum Gasteiger partial charge on any atom is 0.239 e. The number of sulfonamides is 1. The van der Waals surface area contributed by atoms with Gasteiger partial charge in [-0.2, -0.15) is 0 Å². The Hall–Kier alpha value is -0.430. The fourth-order valence-electron chi connectivity index (χ4n) is 1.01. The summed E-state index contributed by atoms with van der Waals surface area (Å²) in [5.41, 5.74) is 6.02. The Morgan fingerprint density at radius 1 is 1.58 bits per heavy atom. The van der Waals surface area contributed by atoms with Crippen LogP contribution in [0.15, 0.2) is 10.3 Å². The Kier molecular flexibility index (Phi) is 2.52. The van der Waals surface area contributed by atoms with E-state index in [0.717, 1.165) is 0 Å². The van der Waals surface area contributed by atoms with Crippen molar-refractivity contribution in [1.82, 2.24) is 0 Å². The van der Waals surface area contributed by atoms with Crippen LogP contribution >= 0.6 is 11.3 Å². The van der Waals surface area contributed by atoms with Crippen LogP contribution in [0.25, 0.3) is 0 Å². The van der Waals surface area contributed by atoms with Crippen molar-refractivity contribution in [1.29, 1.82) is 0 Å². The summed E-state index contributed by atoms with van der Waals surface area (Å²) in [5, 5.41) is 6.74. The van der Waals surface area contributed by atoms with Crippen LogP contribution in [0.2, 0.25) is 0 Å². The molecule has 0 radical (unpaired) electrons. The molecule has 0 atom stereocenters. The smallest absolute Gasteiger partial charge is 0.239 e. The highest BCUT2D eigenvalue weighted by Crippen LogP contribution is 2.24. The summed E-state index contributed by atoms with van der Waals surface area (Å²) in [6.45, 7) is 1.92. The number of thiophene rings is 1. The van der Waals surface area contributed by atoms with E-state index >= 15 is 0 Å². The van der Waals surface area contributed by atoms with Crippen LogP contribution < -0.4 is 10.9 Å². The minimum Gasteiger partial charge on any atom is -0.326 e. The number of nitrogens with two attached hydrogens (primary N) is 2. The zero-order chi connectivity index (χ0) is 9.35. The molecule has 0 aliphatic rings. The van der Waals surface area contributed by atoms with Crippen LogP contribution in [0.1, 0.15) is 10.4 Å². The fraction of sp³-hybridized carbons (Fsp3) is 0.333. The lowest BCUT2D eigenvalue weighted by Gasteiger charge is -1.99. The number of primary sulfonamides is 1.